The van der Waals surface area contributed by atoms with E-state index in [0.29, 0.717) is 24.2 Å². The van der Waals surface area contributed by atoms with E-state index in [9.17, 15) is 8.42 Å². The molecule has 2 heterocycles. The normalized spacial score (nSPS) is 20.3. The highest BCUT2D eigenvalue weighted by molar-refractivity contribution is 7.88. The van der Waals surface area contributed by atoms with Crippen LogP contribution in [-0.2, 0) is 10.0 Å². The van der Waals surface area contributed by atoms with Crippen LogP contribution in [0.1, 0.15) is 12.8 Å². The summed E-state index contributed by atoms with van der Waals surface area (Å²) in [6.07, 6.45) is 1.82. The minimum atomic E-state index is -3.65. The van der Waals surface area contributed by atoms with Crippen LogP contribution in [0.5, 0.6) is 0 Å². The number of aromatic nitrogens is 1. The molecule has 21 heavy (non-hydrogen) atoms. The van der Waals surface area contributed by atoms with Gasteiger partial charge >= 0.3 is 5.22 Å². The monoisotopic (exact) mass is 331 g/mol. The fourth-order valence-corrected chi connectivity index (χ4v) is 3.84. The maximum absolute atomic E-state index is 12.6. The Morgan fingerprint density at radius 2 is 2.14 bits per heavy atom. The Labute approximate surface area is 130 Å². The molecule has 1 aromatic carbocycles. The lowest BCUT2D eigenvalue weighted by Gasteiger charge is -2.30. The van der Waals surface area contributed by atoms with Crippen LogP contribution in [0.25, 0.3) is 11.1 Å². The van der Waals surface area contributed by atoms with E-state index >= 15 is 0 Å². The van der Waals surface area contributed by atoms with Crippen molar-refractivity contribution >= 4 is 33.5 Å². The highest BCUT2D eigenvalue weighted by Gasteiger charge is 2.33. The van der Waals surface area contributed by atoms with Gasteiger partial charge in [0.25, 0.3) is 10.0 Å². The van der Waals surface area contributed by atoms with Crippen molar-refractivity contribution in [1.82, 2.24) is 14.6 Å². The van der Waals surface area contributed by atoms with Crippen LogP contribution in [0, 0.1) is 0 Å². The SMILES string of the molecule is CNC1CCCN(S(=O)(=O)c2nc3ccccc3o2)C1.Cl. The molecular weight excluding hydrogens is 314 g/mol. The Morgan fingerprint density at radius 3 is 2.86 bits per heavy atom. The Balaban J connectivity index is 0.00000161. The second-order valence-corrected chi connectivity index (χ2v) is 6.75. The standard InChI is InChI=1S/C13H17N3O3S.ClH/c1-14-10-5-4-8-16(9-10)20(17,18)13-15-11-6-2-3-7-12(11)19-13;/h2-3,6-7,10,14H,4-5,8-9H2,1H3;1H. The van der Waals surface area contributed by atoms with Gasteiger partial charge in [-0.15, -0.1) is 12.4 Å². The maximum Gasteiger partial charge on any atom is 0.332 e. The zero-order valence-corrected chi connectivity index (χ0v) is 13.3. The van der Waals surface area contributed by atoms with Crippen molar-refractivity contribution in [2.24, 2.45) is 0 Å². The van der Waals surface area contributed by atoms with Crippen molar-refractivity contribution in [3.63, 3.8) is 0 Å². The van der Waals surface area contributed by atoms with Crippen molar-refractivity contribution in [3.05, 3.63) is 24.3 Å². The van der Waals surface area contributed by atoms with Gasteiger partial charge in [0.15, 0.2) is 5.58 Å². The van der Waals surface area contributed by atoms with Crippen molar-refractivity contribution in [2.75, 3.05) is 20.1 Å². The molecule has 1 N–H and O–H groups in total. The minimum Gasteiger partial charge on any atom is -0.427 e. The van der Waals surface area contributed by atoms with Crippen LogP contribution < -0.4 is 5.32 Å². The van der Waals surface area contributed by atoms with Gasteiger partial charge in [0.05, 0.1) is 0 Å². The molecule has 3 rings (SSSR count). The molecule has 1 aromatic heterocycles. The first-order chi connectivity index (χ1) is 9.61. The van der Waals surface area contributed by atoms with Crippen LogP contribution in [0.2, 0.25) is 0 Å². The van der Waals surface area contributed by atoms with E-state index in [2.05, 4.69) is 10.3 Å². The largest absolute Gasteiger partial charge is 0.427 e. The Bertz CT molecular complexity index is 683. The number of rotatable bonds is 3. The number of halogens is 1. The summed E-state index contributed by atoms with van der Waals surface area (Å²) in [5.74, 6) is 0. The average molecular weight is 332 g/mol. The third-order valence-electron chi connectivity index (χ3n) is 3.63. The van der Waals surface area contributed by atoms with Gasteiger partial charge in [0.1, 0.15) is 5.52 Å². The lowest BCUT2D eigenvalue weighted by atomic mass is 10.1. The van der Waals surface area contributed by atoms with Crippen molar-refractivity contribution in [3.8, 4) is 0 Å². The number of hydrogen-bond acceptors (Lipinski definition) is 5. The number of benzene rings is 1. The molecule has 1 atom stereocenters. The number of para-hydroxylation sites is 2. The highest BCUT2D eigenvalue weighted by Crippen LogP contribution is 2.23. The lowest BCUT2D eigenvalue weighted by molar-refractivity contribution is 0.285. The van der Waals surface area contributed by atoms with Gasteiger partial charge in [-0.1, -0.05) is 12.1 Å². The minimum absolute atomic E-state index is 0. The number of hydrogen-bond donors (Lipinski definition) is 1. The Kier molecular flexibility index (Phi) is 4.88. The number of likely N-dealkylation sites (N-methyl/N-ethyl adjacent to an activating group) is 1. The van der Waals surface area contributed by atoms with E-state index in [1.165, 1.54) is 4.31 Å². The van der Waals surface area contributed by atoms with Gasteiger partial charge in [-0.2, -0.15) is 9.29 Å². The number of nitrogens with zero attached hydrogens (tertiary/aromatic N) is 2. The topological polar surface area (TPSA) is 75.4 Å². The summed E-state index contributed by atoms with van der Waals surface area (Å²) >= 11 is 0. The summed E-state index contributed by atoms with van der Waals surface area (Å²) < 4.78 is 32.0. The number of nitrogens with one attached hydrogen (secondary N) is 1. The second kappa shape index (κ2) is 6.31. The van der Waals surface area contributed by atoms with Gasteiger partial charge in [-0.05, 0) is 32.0 Å². The van der Waals surface area contributed by atoms with E-state index < -0.39 is 10.0 Å². The zero-order valence-electron chi connectivity index (χ0n) is 11.7. The summed E-state index contributed by atoms with van der Waals surface area (Å²) in [5.41, 5.74) is 1.06. The van der Waals surface area contributed by atoms with Crippen molar-refractivity contribution in [1.29, 1.82) is 0 Å². The number of oxazole rings is 1. The second-order valence-electron chi connectivity index (χ2n) is 4.94. The number of sulfonamides is 1. The summed E-state index contributed by atoms with van der Waals surface area (Å²) in [7, 11) is -1.80. The maximum atomic E-state index is 12.6. The van der Waals surface area contributed by atoms with Crippen LogP contribution in [0.4, 0.5) is 0 Å². The molecule has 0 aliphatic carbocycles. The first-order valence-electron chi connectivity index (χ1n) is 6.64. The van der Waals surface area contributed by atoms with Gasteiger partial charge in [0.2, 0.25) is 0 Å². The van der Waals surface area contributed by atoms with Gasteiger partial charge < -0.3 is 9.73 Å². The predicted molar refractivity (Wildman–Crippen MR) is 82.1 cm³/mol. The fourth-order valence-electron chi connectivity index (χ4n) is 2.47. The highest BCUT2D eigenvalue weighted by atomic mass is 35.5. The van der Waals surface area contributed by atoms with Crippen LogP contribution in [-0.4, -0.2) is 43.9 Å². The molecule has 0 spiro atoms. The fraction of sp³-hybridized carbons (Fsp3) is 0.462. The number of piperidine rings is 1. The quantitative estimate of drug-likeness (QED) is 0.925. The smallest absolute Gasteiger partial charge is 0.332 e. The molecule has 0 bridgehead atoms. The van der Waals surface area contributed by atoms with Crippen molar-refractivity contribution < 1.29 is 12.8 Å². The molecule has 6 nitrogen and oxygen atoms in total. The van der Waals surface area contributed by atoms with Crippen molar-refractivity contribution in [2.45, 2.75) is 24.1 Å². The summed E-state index contributed by atoms with van der Waals surface area (Å²) in [4.78, 5) is 4.09. The molecule has 116 valence electrons. The van der Waals surface area contributed by atoms with Crippen LogP contribution in [0.3, 0.4) is 0 Å². The first kappa shape index (κ1) is 16.2. The van der Waals surface area contributed by atoms with E-state index in [4.69, 9.17) is 4.42 Å². The third-order valence-corrected chi connectivity index (χ3v) is 5.25. The predicted octanol–water partition coefficient (Wildman–Crippen LogP) is 1.62. The molecule has 1 unspecified atom stereocenters. The van der Waals surface area contributed by atoms with Gasteiger partial charge in [0, 0.05) is 19.1 Å². The first-order valence-corrected chi connectivity index (χ1v) is 8.08. The molecule has 0 amide bonds. The molecule has 1 fully saturated rings. The molecule has 8 heteroatoms. The molecule has 1 aliphatic rings. The Hall–Kier alpha value is -1.15. The zero-order chi connectivity index (χ0) is 14.2. The van der Waals surface area contributed by atoms with Gasteiger partial charge in [-0.25, -0.2) is 8.42 Å². The number of fused-ring (bicyclic) bond motifs is 1. The molecular formula is C13H18ClN3O3S. The van der Waals surface area contributed by atoms with E-state index in [0.717, 1.165) is 12.8 Å². The van der Waals surface area contributed by atoms with E-state index in [1.807, 2.05) is 7.05 Å². The molecule has 1 aliphatic heterocycles. The molecule has 0 saturated carbocycles. The molecule has 2 aromatic rings. The van der Waals surface area contributed by atoms with Gasteiger partial charge in [-0.3, -0.25) is 0 Å². The average Bonchev–Trinajstić information content (AvgIpc) is 2.92. The molecule has 0 radical (unpaired) electrons. The lowest BCUT2D eigenvalue weighted by Crippen LogP contribution is -2.46. The molecule has 1 saturated heterocycles. The van der Waals surface area contributed by atoms with Crippen LogP contribution in [0.15, 0.2) is 33.9 Å². The summed E-state index contributed by atoms with van der Waals surface area (Å²) in [5, 5.41) is 2.91. The summed E-state index contributed by atoms with van der Waals surface area (Å²) in [6, 6.07) is 7.24. The van der Waals surface area contributed by atoms with Crippen LogP contribution >= 0.6 is 12.4 Å². The van der Waals surface area contributed by atoms with E-state index in [-0.39, 0.29) is 23.7 Å². The Morgan fingerprint density at radius 1 is 1.38 bits per heavy atom. The van der Waals surface area contributed by atoms with E-state index in [1.54, 1.807) is 24.3 Å². The third kappa shape index (κ3) is 3.06. The summed E-state index contributed by atoms with van der Waals surface area (Å²) in [6.45, 7) is 0.969.